The normalized spacial score (nSPS) is 23.2. The van der Waals surface area contributed by atoms with Crippen LogP contribution in [-0.2, 0) is 29.3 Å². The summed E-state index contributed by atoms with van der Waals surface area (Å²) in [5.41, 5.74) is 0.445. The molecule has 1 saturated heterocycles. The van der Waals surface area contributed by atoms with E-state index in [0.29, 0.717) is 24.2 Å². The van der Waals surface area contributed by atoms with Crippen LogP contribution in [0.15, 0.2) is 40.0 Å². The van der Waals surface area contributed by atoms with E-state index in [-0.39, 0.29) is 47.8 Å². The van der Waals surface area contributed by atoms with E-state index in [2.05, 4.69) is 21.2 Å². The molecule has 8 nitrogen and oxygen atoms in total. The number of amides is 2. The van der Waals surface area contributed by atoms with Crippen molar-refractivity contribution >= 4 is 81.0 Å². The number of hydrogen-bond acceptors (Lipinski definition) is 6. The van der Waals surface area contributed by atoms with Gasteiger partial charge in [-0.2, -0.15) is 0 Å². The van der Waals surface area contributed by atoms with Crippen molar-refractivity contribution in [1.29, 1.82) is 0 Å². The van der Waals surface area contributed by atoms with Gasteiger partial charge in [-0.3, -0.25) is 19.3 Å². The molecule has 0 aromatic heterocycles. The summed E-state index contributed by atoms with van der Waals surface area (Å²) in [6.07, 6.45) is 3.26. The second kappa shape index (κ2) is 10.5. The maximum absolute atomic E-state index is 13.4. The fourth-order valence-corrected chi connectivity index (χ4v) is 6.25. The molecule has 2 fully saturated rings. The van der Waals surface area contributed by atoms with Crippen LogP contribution in [0.1, 0.15) is 38.2 Å². The molecule has 2 N–H and O–H groups in total. The average Bonchev–Trinajstić information content (AvgIpc) is 3.26. The molecule has 33 heavy (non-hydrogen) atoms. The largest absolute Gasteiger partial charge is 0.477 e. The van der Waals surface area contributed by atoms with E-state index < -0.39 is 34.7 Å². The number of carboxylic acids is 1. The van der Waals surface area contributed by atoms with Crippen LogP contribution in [0.2, 0.25) is 0 Å². The van der Waals surface area contributed by atoms with E-state index in [9.17, 15) is 24.3 Å². The van der Waals surface area contributed by atoms with Gasteiger partial charge in [0, 0.05) is 52.3 Å². The Kier molecular flexibility index (Phi) is 8.37. The zero-order valence-corrected chi connectivity index (χ0v) is 22.8. The van der Waals surface area contributed by atoms with E-state index in [1.807, 2.05) is 24.3 Å². The predicted octanol–water partition coefficient (Wildman–Crippen LogP) is 2.18. The molecule has 1 aromatic rings. The molecule has 1 aliphatic carbocycles. The molecule has 2 amide bonds. The van der Waals surface area contributed by atoms with Gasteiger partial charge < -0.3 is 15.2 Å². The molecule has 2 aliphatic heterocycles. The number of carbonyl (C=O) groups is 4. The minimum atomic E-state index is -1.25. The minimum absolute atomic E-state index is 0. The molecule has 2 atom stereocenters. The van der Waals surface area contributed by atoms with Gasteiger partial charge in [0.15, 0.2) is 0 Å². The number of aliphatic carboxylic acids is 1. The Labute approximate surface area is 226 Å². The van der Waals surface area contributed by atoms with Crippen molar-refractivity contribution in [2.45, 2.75) is 49.4 Å². The third-order valence-corrected chi connectivity index (χ3v) is 8.14. The maximum atomic E-state index is 13.4. The molecule has 1 radical (unpaired) electrons. The van der Waals surface area contributed by atoms with E-state index in [1.54, 1.807) is 0 Å². The number of esters is 1. The Morgan fingerprint density at radius 3 is 2.45 bits per heavy atom. The number of ether oxygens (including phenoxy) is 1. The number of carboxylic acid groups (broad SMARTS) is 1. The van der Waals surface area contributed by atoms with E-state index in [4.69, 9.17) is 4.74 Å². The van der Waals surface area contributed by atoms with Crippen LogP contribution in [0.5, 0.6) is 0 Å². The number of hydrogen-bond donors (Lipinski definition) is 2. The SMILES string of the molecule is CC(=O)OCC1=C(C(=O)O)N2C(=O)[C@@H](NC(=O)C3(c4ccc(Br)cc4)CCCC3)[C@H]2SC1.[Na]. The van der Waals surface area contributed by atoms with Gasteiger partial charge in [-0.25, -0.2) is 4.79 Å². The summed E-state index contributed by atoms with van der Waals surface area (Å²) in [5, 5.41) is 12.1. The molecule has 0 bridgehead atoms. The average molecular weight is 546 g/mol. The van der Waals surface area contributed by atoms with Crippen LogP contribution in [0.4, 0.5) is 0 Å². The van der Waals surface area contributed by atoms with Crippen molar-refractivity contribution < 1.29 is 29.0 Å². The number of rotatable bonds is 6. The van der Waals surface area contributed by atoms with Crippen molar-refractivity contribution in [2.24, 2.45) is 0 Å². The Balaban J connectivity index is 0.00000306. The van der Waals surface area contributed by atoms with Crippen molar-refractivity contribution in [2.75, 3.05) is 12.4 Å². The molecule has 0 spiro atoms. The fraction of sp³-hybridized carbons (Fsp3) is 0.455. The first-order valence-electron chi connectivity index (χ1n) is 10.3. The van der Waals surface area contributed by atoms with E-state index in [0.717, 1.165) is 22.9 Å². The molecule has 1 aromatic carbocycles. The molecule has 3 aliphatic rings. The van der Waals surface area contributed by atoms with Crippen LogP contribution < -0.4 is 5.32 Å². The number of fused-ring (bicyclic) bond motifs is 1. The van der Waals surface area contributed by atoms with Gasteiger partial charge in [0.05, 0.1) is 5.41 Å². The number of benzene rings is 1. The summed E-state index contributed by atoms with van der Waals surface area (Å²) >= 11 is 4.78. The Morgan fingerprint density at radius 1 is 1.24 bits per heavy atom. The van der Waals surface area contributed by atoms with Gasteiger partial charge >= 0.3 is 11.9 Å². The van der Waals surface area contributed by atoms with Crippen molar-refractivity contribution in [3.63, 3.8) is 0 Å². The van der Waals surface area contributed by atoms with Crippen molar-refractivity contribution in [1.82, 2.24) is 10.2 Å². The summed E-state index contributed by atoms with van der Waals surface area (Å²) in [6, 6.07) is 6.90. The second-order valence-corrected chi connectivity index (χ2v) is 10.2. The molecular weight excluding hydrogens is 523 g/mol. The number of carbonyl (C=O) groups excluding carboxylic acids is 3. The zero-order valence-electron chi connectivity index (χ0n) is 18.4. The first kappa shape index (κ1) is 26.3. The summed E-state index contributed by atoms with van der Waals surface area (Å²) in [6.45, 7) is 1.06. The zero-order chi connectivity index (χ0) is 23.0. The smallest absolute Gasteiger partial charge is 0.352 e. The standard InChI is InChI=1S/C22H23BrN2O6S.Na/c1-12(26)31-10-13-11-32-19-16(18(27)25(19)17(13)20(28)29)24-21(30)22(8-2-3-9-22)14-4-6-15(23)7-5-14;/h4-7,16,19H,2-3,8-11H2,1H3,(H,24,30)(H,28,29);/t16-,19-;/m1./s1. The number of thioether (sulfide) groups is 1. The molecular formula is C22H23BrN2NaO6S. The van der Waals surface area contributed by atoms with Gasteiger partial charge in [-0.15, -0.1) is 11.8 Å². The van der Waals surface area contributed by atoms with Gasteiger partial charge in [0.25, 0.3) is 5.91 Å². The monoisotopic (exact) mass is 545 g/mol. The van der Waals surface area contributed by atoms with Crippen molar-refractivity contribution in [3.8, 4) is 0 Å². The van der Waals surface area contributed by atoms with Gasteiger partial charge in [0.2, 0.25) is 5.91 Å². The summed E-state index contributed by atoms with van der Waals surface area (Å²) in [7, 11) is 0. The van der Waals surface area contributed by atoms with Gasteiger partial charge in [0.1, 0.15) is 23.7 Å². The number of β-lactam (4-membered cyclic amide) rings is 1. The van der Waals surface area contributed by atoms with Crippen LogP contribution in [0, 0.1) is 0 Å². The summed E-state index contributed by atoms with van der Waals surface area (Å²) < 4.78 is 5.88. The maximum Gasteiger partial charge on any atom is 0.352 e. The minimum Gasteiger partial charge on any atom is -0.477 e. The first-order chi connectivity index (χ1) is 15.2. The molecule has 0 unspecified atom stereocenters. The van der Waals surface area contributed by atoms with Crippen LogP contribution in [-0.4, -0.2) is 87.1 Å². The van der Waals surface area contributed by atoms with Gasteiger partial charge in [-0.05, 0) is 30.5 Å². The second-order valence-electron chi connectivity index (χ2n) is 8.19. The third-order valence-electron chi connectivity index (χ3n) is 6.27. The molecule has 2 heterocycles. The number of halogens is 1. The van der Waals surface area contributed by atoms with Crippen molar-refractivity contribution in [3.05, 3.63) is 45.6 Å². The van der Waals surface area contributed by atoms with E-state index >= 15 is 0 Å². The summed E-state index contributed by atoms with van der Waals surface area (Å²) in [4.78, 5) is 50.5. The number of nitrogens with zero attached hydrogens (tertiary/aromatic N) is 1. The van der Waals surface area contributed by atoms with Crippen LogP contribution >= 0.6 is 27.7 Å². The van der Waals surface area contributed by atoms with E-state index in [1.165, 1.54) is 23.6 Å². The molecule has 4 rings (SSSR count). The number of nitrogens with one attached hydrogen (secondary N) is 1. The molecule has 11 heteroatoms. The Hall–Kier alpha value is -1.33. The fourth-order valence-electron chi connectivity index (χ4n) is 4.66. The topological polar surface area (TPSA) is 113 Å². The quantitative estimate of drug-likeness (QED) is 0.320. The third kappa shape index (κ3) is 4.91. The Morgan fingerprint density at radius 2 is 1.88 bits per heavy atom. The van der Waals surface area contributed by atoms with Crippen LogP contribution in [0.3, 0.4) is 0 Å². The molecule has 171 valence electrons. The Bertz CT molecular complexity index is 1010. The summed E-state index contributed by atoms with van der Waals surface area (Å²) in [5.74, 6) is -2.13. The first-order valence-corrected chi connectivity index (χ1v) is 12.2. The van der Waals surface area contributed by atoms with Crippen LogP contribution in [0.25, 0.3) is 0 Å². The predicted molar refractivity (Wildman–Crippen MR) is 126 cm³/mol. The molecule has 1 saturated carbocycles. The van der Waals surface area contributed by atoms with Gasteiger partial charge in [-0.1, -0.05) is 40.9 Å².